The number of carbonyl (C=O) groups excluding carboxylic acids is 1. The third-order valence-electron chi connectivity index (χ3n) is 5.32. The van der Waals surface area contributed by atoms with Gasteiger partial charge >= 0.3 is 0 Å². The Balaban J connectivity index is 1.53. The van der Waals surface area contributed by atoms with E-state index in [4.69, 9.17) is 4.74 Å². The number of hydrogen-bond acceptors (Lipinski definition) is 5. The van der Waals surface area contributed by atoms with Gasteiger partial charge in [0.05, 0.1) is 13.2 Å². The molecule has 2 aromatic rings. The Morgan fingerprint density at radius 1 is 1.19 bits per heavy atom. The molecule has 26 heavy (non-hydrogen) atoms. The van der Waals surface area contributed by atoms with Crippen LogP contribution in [0.25, 0.3) is 0 Å². The zero-order valence-corrected chi connectivity index (χ0v) is 14.6. The van der Waals surface area contributed by atoms with Crippen LogP contribution in [0.1, 0.15) is 23.2 Å². The summed E-state index contributed by atoms with van der Waals surface area (Å²) in [5.41, 5.74) is 0.529. The summed E-state index contributed by atoms with van der Waals surface area (Å²) in [4.78, 5) is 25.7. The van der Waals surface area contributed by atoms with Crippen molar-refractivity contribution in [1.82, 2.24) is 14.9 Å². The minimum Gasteiger partial charge on any atom is -0.481 e. The van der Waals surface area contributed by atoms with Crippen LogP contribution in [-0.4, -0.2) is 53.6 Å². The monoisotopic (exact) mass is 356 g/mol. The average Bonchev–Trinajstić information content (AvgIpc) is 3.11. The minimum atomic E-state index is -0.333. The zero-order chi connectivity index (χ0) is 18.1. The molecule has 1 aromatic heterocycles. The zero-order valence-electron chi connectivity index (χ0n) is 14.6. The summed E-state index contributed by atoms with van der Waals surface area (Å²) >= 11 is 0. The highest BCUT2D eigenvalue weighted by Crippen LogP contribution is 2.34. The van der Waals surface area contributed by atoms with Crippen LogP contribution in [-0.2, 0) is 0 Å². The molecule has 2 unspecified atom stereocenters. The van der Waals surface area contributed by atoms with Crippen LogP contribution in [0, 0.1) is 11.7 Å². The number of nitrogens with zero attached hydrogens (tertiary/aromatic N) is 4. The van der Waals surface area contributed by atoms with Crippen molar-refractivity contribution in [2.24, 2.45) is 5.92 Å². The number of aromatic nitrogens is 2. The Morgan fingerprint density at radius 3 is 2.73 bits per heavy atom. The molecule has 0 aliphatic carbocycles. The van der Waals surface area contributed by atoms with Crippen molar-refractivity contribution in [1.29, 1.82) is 0 Å². The molecule has 2 atom stereocenters. The third kappa shape index (κ3) is 3.09. The second kappa shape index (κ2) is 6.90. The summed E-state index contributed by atoms with van der Waals surface area (Å²) in [6, 6.07) is 7.61. The lowest BCUT2D eigenvalue weighted by atomic mass is 9.92. The topological polar surface area (TPSA) is 58.6 Å². The van der Waals surface area contributed by atoms with E-state index in [1.807, 2.05) is 4.90 Å². The predicted molar refractivity (Wildman–Crippen MR) is 94.7 cm³/mol. The first kappa shape index (κ1) is 16.8. The van der Waals surface area contributed by atoms with E-state index in [0.29, 0.717) is 29.9 Å². The lowest BCUT2D eigenvalue weighted by Gasteiger charge is -2.38. The number of hydrogen-bond donors (Lipinski definition) is 0. The van der Waals surface area contributed by atoms with Gasteiger partial charge in [-0.1, -0.05) is 0 Å². The Labute approximate surface area is 151 Å². The van der Waals surface area contributed by atoms with Crippen LogP contribution >= 0.6 is 0 Å². The number of halogens is 1. The Morgan fingerprint density at radius 2 is 1.96 bits per heavy atom. The van der Waals surface area contributed by atoms with E-state index in [1.54, 1.807) is 31.5 Å². The molecule has 0 bridgehead atoms. The number of anilines is 1. The Bertz CT molecular complexity index is 798. The molecule has 0 radical (unpaired) electrons. The van der Waals surface area contributed by atoms with Gasteiger partial charge in [-0.05, 0) is 43.0 Å². The number of carbonyl (C=O) groups is 1. The van der Waals surface area contributed by atoms with Gasteiger partial charge in [-0.3, -0.25) is 4.79 Å². The summed E-state index contributed by atoms with van der Waals surface area (Å²) < 4.78 is 18.3. The molecule has 1 aromatic carbocycles. The van der Waals surface area contributed by atoms with E-state index in [1.165, 1.54) is 12.1 Å². The second-order valence-corrected chi connectivity index (χ2v) is 6.76. The molecule has 3 heterocycles. The van der Waals surface area contributed by atoms with Crippen LogP contribution in [0.15, 0.2) is 36.5 Å². The number of piperidine rings is 1. The van der Waals surface area contributed by atoms with Crippen molar-refractivity contribution in [2.45, 2.75) is 18.9 Å². The van der Waals surface area contributed by atoms with Crippen LogP contribution < -0.4 is 9.64 Å². The lowest BCUT2D eigenvalue weighted by molar-refractivity contribution is 0.0711. The number of benzene rings is 1. The maximum atomic E-state index is 13.1. The van der Waals surface area contributed by atoms with Gasteiger partial charge in [-0.15, -0.1) is 0 Å². The highest BCUT2D eigenvalue weighted by molar-refractivity contribution is 5.94. The van der Waals surface area contributed by atoms with E-state index in [2.05, 4.69) is 14.9 Å². The molecule has 4 rings (SSSR count). The molecule has 2 fully saturated rings. The molecule has 6 nitrogen and oxygen atoms in total. The average molecular weight is 356 g/mol. The third-order valence-corrected chi connectivity index (χ3v) is 5.32. The maximum Gasteiger partial charge on any atom is 0.254 e. The van der Waals surface area contributed by atoms with E-state index in [9.17, 15) is 9.18 Å². The summed E-state index contributed by atoms with van der Waals surface area (Å²) in [7, 11) is 1.58. The maximum absolute atomic E-state index is 13.1. The number of methoxy groups -OCH3 is 1. The molecule has 2 aliphatic heterocycles. The smallest absolute Gasteiger partial charge is 0.254 e. The molecule has 0 spiro atoms. The van der Waals surface area contributed by atoms with Crippen LogP contribution in [0.2, 0.25) is 0 Å². The van der Waals surface area contributed by atoms with Crippen molar-refractivity contribution in [3.8, 4) is 5.88 Å². The summed E-state index contributed by atoms with van der Waals surface area (Å²) in [6.07, 6.45) is 3.69. The number of ether oxygens (including phenoxy) is 1. The van der Waals surface area contributed by atoms with Crippen molar-refractivity contribution < 1.29 is 13.9 Å². The molecule has 136 valence electrons. The SMILES string of the molecule is COc1ccnc(N2CCC3CCN(C(=O)c4ccc(F)cc4)C3C2)n1. The standard InChI is InChI=1S/C19H21FN4O2/c1-26-17-6-9-21-19(22-17)23-10-7-13-8-11-24(16(13)12-23)18(25)14-2-4-15(20)5-3-14/h2-6,9,13,16H,7-8,10-12H2,1H3. The quantitative estimate of drug-likeness (QED) is 0.845. The number of amides is 1. The second-order valence-electron chi connectivity index (χ2n) is 6.76. The molecule has 2 saturated heterocycles. The van der Waals surface area contributed by atoms with Crippen molar-refractivity contribution in [2.75, 3.05) is 31.6 Å². The summed E-state index contributed by atoms with van der Waals surface area (Å²) in [6.45, 7) is 2.30. The highest BCUT2D eigenvalue weighted by Gasteiger charge is 2.41. The van der Waals surface area contributed by atoms with Gasteiger partial charge in [0.15, 0.2) is 0 Å². The van der Waals surface area contributed by atoms with E-state index in [0.717, 1.165) is 25.9 Å². The molecular weight excluding hydrogens is 335 g/mol. The van der Waals surface area contributed by atoms with E-state index >= 15 is 0 Å². The van der Waals surface area contributed by atoms with Gasteiger partial charge in [0.2, 0.25) is 11.8 Å². The van der Waals surface area contributed by atoms with Crippen molar-refractivity contribution in [3.63, 3.8) is 0 Å². The van der Waals surface area contributed by atoms with Gasteiger partial charge in [-0.2, -0.15) is 4.98 Å². The molecule has 0 N–H and O–H groups in total. The van der Waals surface area contributed by atoms with Gasteiger partial charge in [0.25, 0.3) is 5.91 Å². The molecular formula is C19H21FN4O2. The lowest BCUT2D eigenvalue weighted by Crippen LogP contribution is -2.50. The number of fused-ring (bicyclic) bond motifs is 1. The van der Waals surface area contributed by atoms with Gasteiger partial charge in [-0.25, -0.2) is 9.37 Å². The van der Waals surface area contributed by atoms with Crippen molar-refractivity contribution in [3.05, 3.63) is 47.9 Å². The van der Waals surface area contributed by atoms with Gasteiger partial charge in [0, 0.05) is 37.5 Å². The molecule has 7 heteroatoms. The fourth-order valence-electron chi connectivity index (χ4n) is 3.93. The fourth-order valence-corrected chi connectivity index (χ4v) is 3.93. The summed E-state index contributed by atoms with van der Waals surface area (Å²) in [5.74, 6) is 1.28. The molecule has 1 amide bonds. The molecule has 0 saturated carbocycles. The first-order chi connectivity index (χ1) is 12.7. The van der Waals surface area contributed by atoms with Gasteiger partial charge < -0.3 is 14.5 Å². The molecule has 2 aliphatic rings. The van der Waals surface area contributed by atoms with Crippen LogP contribution in [0.4, 0.5) is 10.3 Å². The Hall–Kier alpha value is -2.70. The van der Waals surface area contributed by atoms with Crippen molar-refractivity contribution >= 4 is 11.9 Å². The first-order valence-corrected chi connectivity index (χ1v) is 8.84. The van der Waals surface area contributed by atoms with Crippen LogP contribution in [0.5, 0.6) is 5.88 Å². The normalized spacial score (nSPS) is 22.2. The van der Waals surface area contributed by atoms with E-state index < -0.39 is 0 Å². The fraction of sp³-hybridized carbons (Fsp3) is 0.421. The summed E-state index contributed by atoms with van der Waals surface area (Å²) in [5, 5.41) is 0. The largest absolute Gasteiger partial charge is 0.481 e. The highest BCUT2D eigenvalue weighted by atomic mass is 19.1. The minimum absolute atomic E-state index is 0.0362. The first-order valence-electron chi connectivity index (χ1n) is 8.84. The van der Waals surface area contributed by atoms with Gasteiger partial charge in [0.1, 0.15) is 5.82 Å². The Kier molecular flexibility index (Phi) is 4.44. The number of rotatable bonds is 3. The number of likely N-dealkylation sites (tertiary alicyclic amines) is 1. The predicted octanol–water partition coefficient (Wildman–Crippen LogP) is 2.37. The van der Waals surface area contributed by atoms with Crippen LogP contribution in [0.3, 0.4) is 0 Å². The van der Waals surface area contributed by atoms with E-state index in [-0.39, 0.29) is 17.8 Å².